The molecule has 0 aliphatic carbocycles. The van der Waals surface area contributed by atoms with E-state index < -0.39 is 0 Å². The molecule has 0 aliphatic rings. The molecule has 2 heteroatoms. The van der Waals surface area contributed by atoms with Crippen molar-refractivity contribution in [2.45, 2.75) is 27.7 Å². The Labute approximate surface area is 98.0 Å². The quantitative estimate of drug-likeness (QED) is 0.417. The van der Waals surface area contributed by atoms with E-state index in [2.05, 4.69) is 0 Å². The average molecular weight is 182 g/mol. The smallest absolute Gasteiger partial charge is 0.872 e. The number of allylic oxidation sites excluding steroid dienone is 1. The third-order valence-electron chi connectivity index (χ3n) is 2.19. The van der Waals surface area contributed by atoms with Crippen molar-refractivity contribution in [3.8, 4) is 0 Å². The molecule has 0 amide bonds. The van der Waals surface area contributed by atoms with Crippen LogP contribution in [-0.4, -0.2) is 0 Å². The first kappa shape index (κ1) is 13.4. The molecule has 0 saturated heterocycles. The van der Waals surface area contributed by atoms with Crippen molar-refractivity contribution < 1.29 is 24.0 Å². The molecule has 0 saturated carbocycles. The first-order valence-corrected chi connectivity index (χ1v) is 4.47. The van der Waals surface area contributed by atoms with Gasteiger partial charge in [0.1, 0.15) is 0 Å². The maximum absolute atomic E-state index is 11.5. The molecule has 0 unspecified atom stereocenters. The summed E-state index contributed by atoms with van der Waals surface area (Å²) in [5.74, 6) is 0.120. The van der Waals surface area contributed by atoms with Crippen molar-refractivity contribution in [2.75, 3.05) is 0 Å². The number of aryl methyl sites for hydroxylation is 3. The van der Waals surface area contributed by atoms with Gasteiger partial charge < -0.3 is 5.11 Å². The second kappa shape index (κ2) is 5.29. The number of hydrogen-bond donors (Lipinski definition) is 0. The van der Waals surface area contributed by atoms with Crippen molar-refractivity contribution in [3.63, 3.8) is 0 Å². The van der Waals surface area contributed by atoms with Crippen LogP contribution in [0.15, 0.2) is 18.2 Å². The molecule has 0 bridgehead atoms. The Kier molecular flexibility index (Phi) is 5.05. The fourth-order valence-corrected chi connectivity index (χ4v) is 1.71. The molecule has 1 rings (SSSR count). The molecule has 0 radical (unpaired) electrons. The van der Waals surface area contributed by atoms with Crippen molar-refractivity contribution >= 4 is 5.76 Å². The van der Waals surface area contributed by atoms with E-state index in [-0.39, 0.29) is 24.6 Å². The summed E-state index contributed by atoms with van der Waals surface area (Å²) >= 11 is 0. The van der Waals surface area contributed by atoms with E-state index in [0.717, 1.165) is 16.7 Å². The van der Waals surface area contributed by atoms with Crippen LogP contribution in [0.4, 0.5) is 0 Å². The molecule has 1 aromatic carbocycles. The molecule has 0 atom stereocenters. The Morgan fingerprint density at radius 3 is 1.93 bits per heavy atom. The van der Waals surface area contributed by atoms with E-state index >= 15 is 0 Å². The molecule has 0 aliphatic heterocycles. The van der Waals surface area contributed by atoms with Crippen molar-refractivity contribution in [1.29, 1.82) is 0 Å². The fraction of sp³-hybridized carbons (Fsp3) is 0.333. The third kappa shape index (κ3) is 2.67. The minimum atomic E-state index is 0. The number of hydrogen-bond acceptors (Lipinski definition) is 1. The first-order chi connectivity index (χ1) is 6.06. The van der Waals surface area contributed by atoms with Gasteiger partial charge in [-0.2, -0.15) is 0 Å². The van der Waals surface area contributed by atoms with Gasteiger partial charge in [0.2, 0.25) is 0 Å². The van der Waals surface area contributed by atoms with Crippen molar-refractivity contribution in [3.05, 3.63) is 40.5 Å². The van der Waals surface area contributed by atoms with Gasteiger partial charge in [0.25, 0.3) is 0 Å². The third-order valence-corrected chi connectivity index (χ3v) is 2.19. The zero-order valence-corrected chi connectivity index (χ0v) is 9.64. The monoisotopic (exact) mass is 182 g/mol. The summed E-state index contributed by atoms with van der Waals surface area (Å²) in [5, 5.41) is 11.5. The Morgan fingerprint density at radius 1 is 1.14 bits per heavy atom. The van der Waals surface area contributed by atoms with Gasteiger partial charge in [0.05, 0.1) is 0 Å². The molecule has 0 fully saturated rings. The predicted octanol–water partition coefficient (Wildman–Crippen LogP) is -0.663. The molecule has 70 valence electrons. The van der Waals surface area contributed by atoms with E-state index in [1.165, 1.54) is 5.56 Å². The molecular formula is C12H15LiO. The van der Waals surface area contributed by atoms with Crippen LogP contribution in [0.1, 0.15) is 29.2 Å². The van der Waals surface area contributed by atoms with Gasteiger partial charge >= 0.3 is 18.9 Å². The summed E-state index contributed by atoms with van der Waals surface area (Å²) in [6.07, 6.45) is 1.62. The topological polar surface area (TPSA) is 23.1 Å². The average Bonchev–Trinajstić information content (AvgIpc) is 2.02. The van der Waals surface area contributed by atoms with Crippen LogP contribution >= 0.6 is 0 Å². The van der Waals surface area contributed by atoms with Crippen LogP contribution < -0.4 is 24.0 Å². The predicted molar refractivity (Wildman–Crippen MR) is 54.3 cm³/mol. The fourth-order valence-electron chi connectivity index (χ4n) is 1.71. The Hall–Kier alpha value is -0.643. The number of rotatable bonds is 1. The molecular weight excluding hydrogens is 167 g/mol. The Balaban J connectivity index is 0.00000169. The second-order valence-corrected chi connectivity index (χ2v) is 3.43. The Morgan fingerprint density at radius 2 is 1.57 bits per heavy atom. The summed E-state index contributed by atoms with van der Waals surface area (Å²) in [4.78, 5) is 0. The molecule has 0 spiro atoms. The zero-order valence-electron chi connectivity index (χ0n) is 9.64. The van der Waals surface area contributed by atoms with Crippen LogP contribution in [0.3, 0.4) is 0 Å². The van der Waals surface area contributed by atoms with Crippen LogP contribution in [0.5, 0.6) is 0 Å². The van der Waals surface area contributed by atoms with E-state index in [4.69, 9.17) is 0 Å². The molecule has 0 aromatic heterocycles. The largest absolute Gasteiger partial charge is 1.00 e. The van der Waals surface area contributed by atoms with Crippen molar-refractivity contribution in [1.82, 2.24) is 0 Å². The van der Waals surface area contributed by atoms with E-state index in [0.29, 0.717) is 0 Å². The second-order valence-electron chi connectivity index (χ2n) is 3.43. The van der Waals surface area contributed by atoms with Gasteiger partial charge in [0, 0.05) is 0 Å². The summed E-state index contributed by atoms with van der Waals surface area (Å²) in [7, 11) is 0. The molecule has 0 heterocycles. The van der Waals surface area contributed by atoms with E-state index in [1.54, 1.807) is 13.0 Å². The summed E-state index contributed by atoms with van der Waals surface area (Å²) in [6.45, 7) is 7.79. The van der Waals surface area contributed by atoms with Crippen LogP contribution in [0.25, 0.3) is 5.76 Å². The molecule has 1 aromatic rings. The summed E-state index contributed by atoms with van der Waals surface area (Å²) < 4.78 is 0. The van der Waals surface area contributed by atoms with Gasteiger partial charge in [-0.15, -0.1) is 5.76 Å². The summed E-state index contributed by atoms with van der Waals surface area (Å²) in [6, 6.07) is 4.09. The maximum atomic E-state index is 11.5. The van der Waals surface area contributed by atoms with Gasteiger partial charge in [-0.05, 0) is 44.4 Å². The maximum Gasteiger partial charge on any atom is 1.00 e. The van der Waals surface area contributed by atoms with E-state index in [9.17, 15) is 5.11 Å². The van der Waals surface area contributed by atoms with Gasteiger partial charge in [-0.1, -0.05) is 23.8 Å². The van der Waals surface area contributed by atoms with Crippen LogP contribution in [-0.2, 0) is 0 Å². The van der Waals surface area contributed by atoms with Crippen LogP contribution in [0, 0.1) is 20.8 Å². The minimum Gasteiger partial charge on any atom is -0.872 e. The zero-order chi connectivity index (χ0) is 10.0. The number of benzene rings is 1. The van der Waals surface area contributed by atoms with Crippen LogP contribution in [0.2, 0.25) is 0 Å². The minimum absolute atomic E-state index is 0. The first-order valence-electron chi connectivity index (χ1n) is 4.47. The SMILES string of the molecule is C/C=C(/[O-])c1c(C)cc(C)cc1C.[Li+]. The molecule has 0 N–H and O–H groups in total. The van der Waals surface area contributed by atoms with Gasteiger partial charge in [-0.3, -0.25) is 0 Å². The van der Waals surface area contributed by atoms with Gasteiger partial charge in [-0.25, -0.2) is 0 Å². The van der Waals surface area contributed by atoms with Crippen molar-refractivity contribution in [2.24, 2.45) is 0 Å². The van der Waals surface area contributed by atoms with E-state index in [1.807, 2.05) is 32.9 Å². The summed E-state index contributed by atoms with van der Waals surface area (Å²) in [5.41, 5.74) is 4.21. The molecule has 14 heavy (non-hydrogen) atoms. The normalized spacial score (nSPS) is 11.0. The standard InChI is InChI=1S/C12H16O.Li/c1-5-11(13)12-9(3)6-8(2)7-10(12)4;/h5-7,13H,1-4H3;/q;+1/p-1/b11-5+;. The Bertz CT molecular complexity index is 330. The molecule has 1 nitrogen and oxygen atoms in total. The van der Waals surface area contributed by atoms with Gasteiger partial charge in [0.15, 0.2) is 0 Å².